The monoisotopic (exact) mass is 414 g/mol. The molecule has 1 fully saturated rings. The third-order valence-corrected chi connectivity index (χ3v) is 5.90. The van der Waals surface area contributed by atoms with E-state index in [0.29, 0.717) is 0 Å². The summed E-state index contributed by atoms with van der Waals surface area (Å²) in [6.07, 6.45) is 9.12. The molecule has 1 atom stereocenters. The lowest BCUT2D eigenvalue weighted by atomic mass is 9.91. The minimum absolute atomic E-state index is 0.0662. The normalized spacial score (nSPS) is 17.5. The molecular weight excluding hydrogens is 384 g/mol. The lowest BCUT2D eigenvalue weighted by Gasteiger charge is -2.24. The molecule has 0 bridgehead atoms. The maximum absolute atomic E-state index is 13.5. The maximum Gasteiger partial charge on any atom is 0.227 e. The van der Waals surface area contributed by atoms with E-state index in [2.05, 4.69) is 63.1 Å². The molecule has 0 aliphatic carbocycles. The number of amides is 1. The van der Waals surface area contributed by atoms with Gasteiger partial charge in [-0.05, 0) is 41.7 Å². The molecule has 0 N–H and O–H groups in total. The molecule has 4 rings (SSSR count). The Morgan fingerprint density at radius 2 is 1.77 bits per heavy atom. The fraction of sp³-hybridized carbons (Fsp3) is 0.346. The van der Waals surface area contributed by atoms with E-state index in [9.17, 15) is 4.79 Å². The lowest BCUT2D eigenvalue weighted by Crippen LogP contribution is -2.37. The first-order chi connectivity index (χ1) is 15.2. The highest BCUT2D eigenvalue weighted by molar-refractivity contribution is 5.80. The minimum atomic E-state index is -0.0662. The van der Waals surface area contributed by atoms with Crippen LogP contribution in [-0.4, -0.2) is 51.9 Å². The van der Waals surface area contributed by atoms with Crippen LogP contribution in [0.25, 0.3) is 11.1 Å². The Labute approximate surface area is 184 Å². The first kappa shape index (κ1) is 21.2. The molecule has 2 aromatic heterocycles. The molecule has 160 valence electrons. The topological polar surface area (TPSA) is 49.3 Å². The van der Waals surface area contributed by atoms with Gasteiger partial charge >= 0.3 is 0 Å². The number of hydrogen-bond donors (Lipinski definition) is 0. The molecule has 3 aromatic rings. The van der Waals surface area contributed by atoms with Crippen LogP contribution in [0.5, 0.6) is 0 Å². The van der Waals surface area contributed by atoms with E-state index >= 15 is 0 Å². The van der Waals surface area contributed by atoms with Crippen molar-refractivity contribution in [3.05, 3.63) is 84.4 Å². The number of carbonyl (C=O) groups is 1. The van der Waals surface area contributed by atoms with Crippen molar-refractivity contribution in [3.63, 3.8) is 0 Å². The molecule has 1 saturated heterocycles. The molecule has 31 heavy (non-hydrogen) atoms. The summed E-state index contributed by atoms with van der Waals surface area (Å²) in [4.78, 5) is 26.5. The molecule has 5 nitrogen and oxygen atoms in total. The van der Waals surface area contributed by atoms with Crippen LogP contribution in [0, 0.1) is 5.92 Å². The fourth-order valence-corrected chi connectivity index (χ4v) is 4.42. The van der Waals surface area contributed by atoms with Crippen molar-refractivity contribution in [2.75, 3.05) is 26.2 Å². The number of rotatable bonds is 7. The smallest absolute Gasteiger partial charge is 0.227 e. The molecule has 0 saturated carbocycles. The van der Waals surface area contributed by atoms with Gasteiger partial charge in [-0.25, -0.2) is 0 Å². The second kappa shape index (κ2) is 10.3. The van der Waals surface area contributed by atoms with Crippen LogP contribution >= 0.6 is 0 Å². The zero-order valence-electron chi connectivity index (χ0n) is 18.2. The standard InChI is InChI=1S/C26H30N4O/c1-2-13-30-15-14-29(19-21-7-5-11-27-17-21)20-24(26(30)31)16-22-8-3-4-10-25(22)23-9-6-12-28-18-23/h3-12,17-18,24H,2,13-16,19-20H2,1H3/t24-/m0/s1. The van der Waals surface area contributed by atoms with Gasteiger partial charge in [0.1, 0.15) is 0 Å². The zero-order valence-corrected chi connectivity index (χ0v) is 18.2. The van der Waals surface area contributed by atoms with E-state index < -0.39 is 0 Å². The van der Waals surface area contributed by atoms with Gasteiger partial charge in [-0.15, -0.1) is 0 Å². The molecule has 5 heteroatoms. The summed E-state index contributed by atoms with van der Waals surface area (Å²) in [7, 11) is 0. The van der Waals surface area contributed by atoms with Crippen molar-refractivity contribution in [2.24, 2.45) is 5.92 Å². The van der Waals surface area contributed by atoms with Crippen LogP contribution in [0.3, 0.4) is 0 Å². The Balaban J connectivity index is 1.59. The highest BCUT2D eigenvalue weighted by atomic mass is 16.2. The molecule has 1 aliphatic heterocycles. The van der Waals surface area contributed by atoms with E-state index in [0.717, 1.165) is 56.7 Å². The number of pyridine rings is 2. The van der Waals surface area contributed by atoms with Crippen LogP contribution in [-0.2, 0) is 17.8 Å². The summed E-state index contributed by atoms with van der Waals surface area (Å²) in [6, 6.07) is 16.5. The highest BCUT2D eigenvalue weighted by Gasteiger charge is 2.30. The number of aromatic nitrogens is 2. The van der Waals surface area contributed by atoms with Gasteiger partial charge in [0.05, 0.1) is 5.92 Å². The second-order valence-corrected chi connectivity index (χ2v) is 8.22. The van der Waals surface area contributed by atoms with Gasteiger partial charge in [-0.2, -0.15) is 0 Å². The Kier molecular flexibility index (Phi) is 7.05. The van der Waals surface area contributed by atoms with E-state index in [4.69, 9.17) is 0 Å². The molecule has 0 unspecified atom stereocenters. The van der Waals surface area contributed by atoms with Gasteiger partial charge < -0.3 is 4.90 Å². The summed E-state index contributed by atoms with van der Waals surface area (Å²) < 4.78 is 0. The molecule has 0 radical (unpaired) electrons. The highest BCUT2D eigenvalue weighted by Crippen LogP contribution is 2.27. The maximum atomic E-state index is 13.5. The molecule has 0 spiro atoms. The Morgan fingerprint density at radius 3 is 2.52 bits per heavy atom. The van der Waals surface area contributed by atoms with Crippen molar-refractivity contribution in [1.29, 1.82) is 0 Å². The lowest BCUT2D eigenvalue weighted by molar-refractivity contribution is -0.134. The summed E-state index contributed by atoms with van der Waals surface area (Å²) in [5.74, 6) is 0.208. The summed E-state index contributed by atoms with van der Waals surface area (Å²) in [5.41, 5.74) is 4.65. The third-order valence-electron chi connectivity index (χ3n) is 5.90. The second-order valence-electron chi connectivity index (χ2n) is 8.22. The van der Waals surface area contributed by atoms with Crippen LogP contribution in [0.4, 0.5) is 0 Å². The van der Waals surface area contributed by atoms with Crippen LogP contribution in [0.2, 0.25) is 0 Å². The van der Waals surface area contributed by atoms with E-state index in [1.165, 1.54) is 11.1 Å². The third kappa shape index (κ3) is 5.36. The van der Waals surface area contributed by atoms with Crippen LogP contribution < -0.4 is 0 Å². The Hall–Kier alpha value is -3.05. The summed E-state index contributed by atoms with van der Waals surface area (Å²) in [5, 5.41) is 0. The summed E-state index contributed by atoms with van der Waals surface area (Å²) >= 11 is 0. The predicted octanol–water partition coefficient (Wildman–Crippen LogP) is 4.06. The average molecular weight is 415 g/mol. The van der Waals surface area contributed by atoms with Crippen molar-refractivity contribution < 1.29 is 4.79 Å². The van der Waals surface area contributed by atoms with E-state index in [-0.39, 0.29) is 11.8 Å². The first-order valence-electron chi connectivity index (χ1n) is 11.1. The zero-order chi connectivity index (χ0) is 21.5. The number of nitrogens with zero attached hydrogens (tertiary/aromatic N) is 4. The average Bonchev–Trinajstić information content (AvgIpc) is 2.95. The summed E-state index contributed by atoms with van der Waals surface area (Å²) in [6.45, 7) is 6.21. The molecule has 3 heterocycles. The molecular formula is C26H30N4O. The number of hydrogen-bond acceptors (Lipinski definition) is 4. The van der Waals surface area contributed by atoms with Crippen molar-refractivity contribution in [3.8, 4) is 11.1 Å². The van der Waals surface area contributed by atoms with Gasteiger partial charge in [0.15, 0.2) is 0 Å². The fourth-order valence-electron chi connectivity index (χ4n) is 4.42. The van der Waals surface area contributed by atoms with Crippen LogP contribution in [0.1, 0.15) is 24.5 Å². The van der Waals surface area contributed by atoms with E-state index in [1.54, 1.807) is 12.4 Å². The van der Waals surface area contributed by atoms with Crippen molar-refractivity contribution in [2.45, 2.75) is 26.3 Å². The van der Waals surface area contributed by atoms with Gasteiger partial charge in [0.25, 0.3) is 0 Å². The van der Waals surface area contributed by atoms with Gasteiger partial charge in [0.2, 0.25) is 5.91 Å². The minimum Gasteiger partial charge on any atom is -0.341 e. The molecule has 1 aliphatic rings. The van der Waals surface area contributed by atoms with Gasteiger partial charge in [-0.1, -0.05) is 43.3 Å². The number of carbonyl (C=O) groups excluding carboxylic acids is 1. The number of benzene rings is 1. The SMILES string of the molecule is CCCN1CCN(Cc2cccnc2)C[C@H](Cc2ccccc2-c2cccnc2)C1=O. The Bertz CT molecular complexity index is 977. The molecule has 1 aromatic carbocycles. The quantitative estimate of drug-likeness (QED) is 0.585. The first-order valence-corrected chi connectivity index (χ1v) is 11.1. The Morgan fingerprint density at radius 1 is 0.968 bits per heavy atom. The molecule has 1 amide bonds. The van der Waals surface area contributed by atoms with E-state index in [1.807, 2.05) is 24.5 Å². The van der Waals surface area contributed by atoms with Crippen LogP contribution in [0.15, 0.2) is 73.3 Å². The van der Waals surface area contributed by atoms with Crippen molar-refractivity contribution >= 4 is 5.91 Å². The largest absolute Gasteiger partial charge is 0.341 e. The van der Waals surface area contributed by atoms with Crippen molar-refractivity contribution in [1.82, 2.24) is 19.8 Å². The predicted molar refractivity (Wildman–Crippen MR) is 123 cm³/mol. The van der Waals surface area contributed by atoms with Gasteiger partial charge in [0, 0.05) is 63.1 Å². The van der Waals surface area contributed by atoms with Gasteiger partial charge in [-0.3, -0.25) is 19.7 Å².